The highest BCUT2D eigenvalue weighted by Gasteiger charge is 2.32. The Morgan fingerprint density at radius 1 is 1.36 bits per heavy atom. The fourth-order valence-electron chi connectivity index (χ4n) is 3.67. The third-order valence-corrected chi connectivity index (χ3v) is 4.95. The number of fused-ring (bicyclic) bond motifs is 1. The summed E-state index contributed by atoms with van der Waals surface area (Å²) in [7, 11) is 0. The number of ether oxygens (including phenoxy) is 2. The summed E-state index contributed by atoms with van der Waals surface area (Å²) in [6.07, 6.45) is 8.22. The van der Waals surface area contributed by atoms with Crippen molar-refractivity contribution in [3.63, 3.8) is 0 Å². The van der Waals surface area contributed by atoms with E-state index in [4.69, 9.17) is 9.47 Å². The highest BCUT2D eigenvalue weighted by Crippen LogP contribution is 2.31. The van der Waals surface area contributed by atoms with Gasteiger partial charge < -0.3 is 19.4 Å². The van der Waals surface area contributed by atoms with E-state index in [0.717, 1.165) is 11.2 Å². The predicted molar refractivity (Wildman–Crippen MR) is 92.3 cm³/mol. The van der Waals surface area contributed by atoms with E-state index in [-0.39, 0.29) is 12.0 Å². The number of aromatic nitrogens is 3. The van der Waals surface area contributed by atoms with Crippen LogP contribution in [0, 0.1) is 0 Å². The fraction of sp³-hybridized carbons (Fsp3) is 0.611. The van der Waals surface area contributed by atoms with E-state index >= 15 is 0 Å². The molecule has 1 saturated carbocycles. The number of hydrogen-bond acceptors (Lipinski definition) is 5. The second kappa shape index (κ2) is 6.38. The summed E-state index contributed by atoms with van der Waals surface area (Å²) < 4.78 is 13.3. The largest absolute Gasteiger partial charge is 0.349 e. The summed E-state index contributed by atoms with van der Waals surface area (Å²) in [4.78, 5) is 21.3. The maximum absolute atomic E-state index is 12.4. The molecule has 1 unspecified atom stereocenters. The Bertz CT molecular complexity index is 780. The number of nitrogens with one attached hydrogen (secondary N) is 1. The van der Waals surface area contributed by atoms with Crippen LogP contribution in [-0.2, 0) is 9.47 Å². The van der Waals surface area contributed by atoms with Crippen molar-refractivity contribution in [2.45, 2.75) is 57.5 Å². The summed E-state index contributed by atoms with van der Waals surface area (Å²) >= 11 is 0. The predicted octanol–water partition coefficient (Wildman–Crippen LogP) is 2.43. The normalized spacial score (nSPS) is 23.4. The van der Waals surface area contributed by atoms with Gasteiger partial charge in [0.15, 0.2) is 11.4 Å². The maximum atomic E-state index is 12.4. The van der Waals surface area contributed by atoms with Crippen LogP contribution < -0.4 is 5.32 Å². The molecule has 1 amide bonds. The van der Waals surface area contributed by atoms with Crippen LogP contribution in [0.3, 0.4) is 0 Å². The average molecular weight is 344 g/mol. The number of nitrogens with zero attached hydrogens (tertiary/aromatic N) is 3. The van der Waals surface area contributed by atoms with Crippen molar-refractivity contribution in [2.24, 2.45) is 0 Å². The second-order valence-electron chi connectivity index (χ2n) is 7.32. The van der Waals surface area contributed by atoms with Gasteiger partial charge in [-0.15, -0.1) is 0 Å². The molecule has 25 heavy (non-hydrogen) atoms. The van der Waals surface area contributed by atoms with Gasteiger partial charge in [-0.05, 0) is 32.8 Å². The lowest BCUT2D eigenvalue weighted by Gasteiger charge is -2.17. The number of carbonyl (C=O) groups is 1. The van der Waals surface area contributed by atoms with Crippen LogP contribution in [0.15, 0.2) is 18.6 Å². The van der Waals surface area contributed by atoms with Gasteiger partial charge in [0, 0.05) is 18.8 Å². The monoisotopic (exact) mass is 344 g/mol. The first kappa shape index (κ1) is 16.5. The van der Waals surface area contributed by atoms with Gasteiger partial charge in [0.25, 0.3) is 5.91 Å². The molecule has 1 N–H and O–H groups in total. The minimum absolute atomic E-state index is 0.128. The van der Waals surface area contributed by atoms with Crippen LogP contribution in [0.2, 0.25) is 0 Å². The lowest BCUT2D eigenvalue weighted by Crippen LogP contribution is -2.34. The average Bonchev–Trinajstić information content (AvgIpc) is 3.30. The summed E-state index contributed by atoms with van der Waals surface area (Å²) in [5.41, 5.74) is 2.14. The fourth-order valence-corrected chi connectivity index (χ4v) is 3.67. The van der Waals surface area contributed by atoms with Crippen molar-refractivity contribution < 1.29 is 14.3 Å². The van der Waals surface area contributed by atoms with E-state index in [1.54, 1.807) is 12.3 Å². The molecule has 0 bridgehead atoms. The number of carbonyl (C=O) groups excluding carboxylic acids is 1. The number of pyridine rings is 1. The van der Waals surface area contributed by atoms with E-state index < -0.39 is 5.79 Å². The summed E-state index contributed by atoms with van der Waals surface area (Å²) in [6.45, 7) is 4.63. The standard InChI is InChI=1S/C18H24N4O3/c1-18(2)24-10-14(25-18)9-20-17(23)12-7-15-16(19-8-12)22(11-21-15)13-5-3-4-6-13/h7-8,11,13-14H,3-6,9-10H2,1-2H3,(H,20,23). The number of imidazole rings is 1. The molecular formula is C18H24N4O3. The van der Waals surface area contributed by atoms with Crippen LogP contribution in [0.1, 0.15) is 55.9 Å². The first-order chi connectivity index (χ1) is 12.0. The Morgan fingerprint density at radius 2 is 2.16 bits per heavy atom. The van der Waals surface area contributed by atoms with E-state index in [1.807, 2.05) is 20.2 Å². The quantitative estimate of drug-likeness (QED) is 0.921. The summed E-state index contributed by atoms with van der Waals surface area (Å²) in [5, 5.41) is 2.89. The van der Waals surface area contributed by atoms with E-state index in [2.05, 4.69) is 19.9 Å². The van der Waals surface area contributed by atoms with Gasteiger partial charge >= 0.3 is 0 Å². The molecule has 1 atom stereocenters. The molecule has 7 nitrogen and oxygen atoms in total. The summed E-state index contributed by atoms with van der Waals surface area (Å²) in [5.74, 6) is -0.749. The van der Waals surface area contributed by atoms with Gasteiger partial charge in [-0.25, -0.2) is 9.97 Å². The lowest BCUT2D eigenvalue weighted by molar-refractivity contribution is -0.137. The molecule has 134 valence electrons. The van der Waals surface area contributed by atoms with Gasteiger partial charge in [0.05, 0.1) is 18.5 Å². The lowest BCUT2D eigenvalue weighted by atomic mass is 10.2. The third-order valence-electron chi connectivity index (χ3n) is 4.95. The number of amides is 1. The number of hydrogen-bond donors (Lipinski definition) is 1. The van der Waals surface area contributed by atoms with Crippen LogP contribution >= 0.6 is 0 Å². The van der Waals surface area contributed by atoms with Crippen LogP contribution in [0.5, 0.6) is 0 Å². The molecule has 0 spiro atoms. The van der Waals surface area contributed by atoms with Crippen molar-refractivity contribution >= 4 is 17.1 Å². The zero-order valence-corrected chi connectivity index (χ0v) is 14.7. The smallest absolute Gasteiger partial charge is 0.253 e. The SMILES string of the molecule is CC1(C)OCC(CNC(=O)c2cnc3c(c2)ncn3C2CCCC2)O1. The molecule has 7 heteroatoms. The zero-order valence-electron chi connectivity index (χ0n) is 14.7. The minimum Gasteiger partial charge on any atom is -0.349 e. The van der Waals surface area contributed by atoms with Gasteiger partial charge in [-0.3, -0.25) is 4.79 Å². The Labute approximate surface area is 146 Å². The van der Waals surface area contributed by atoms with Crippen molar-refractivity contribution in [3.05, 3.63) is 24.2 Å². The second-order valence-corrected chi connectivity index (χ2v) is 7.32. The highest BCUT2D eigenvalue weighted by atomic mass is 16.7. The zero-order chi connectivity index (χ0) is 17.4. The minimum atomic E-state index is -0.580. The van der Waals surface area contributed by atoms with Gasteiger partial charge in [-0.2, -0.15) is 0 Å². The highest BCUT2D eigenvalue weighted by molar-refractivity contribution is 5.96. The van der Waals surface area contributed by atoms with Crippen molar-refractivity contribution in [3.8, 4) is 0 Å². The molecule has 2 fully saturated rings. The van der Waals surface area contributed by atoms with Crippen LogP contribution in [-0.4, -0.2) is 45.5 Å². The van der Waals surface area contributed by atoms with Gasteiger partial charge in [-0.1, -0.05) is 12.8 Å². The maximum Gasteiger partial charge on any atom is 0.253 e. The molecule has 1 aliphatic carbocycles. The van der Waals surface area contributed by atoms with E-state index in [1.165, 1.54) is 25.7 Å². The van der Waals surface area contributed by atoms with Crippen molar-refractivity contribution in [2.75, 3.05) is 13.2 Å². The molecular weight excluding hydrogens is 320 g/mol. The Hall–Kier alpha value is -1.99. The Morgan fingerprint density at radius 3 is 2.88 bits per heavy atom. The third kappa shape index (κ3) is 3.39. The molecule has 1 aliphatic heterocycles. The topological polar surface area (TPSA) is 78.3 Å². The first-order valence-corrected chi connectivity index (χ1v) is 8.94. The first-order valence-electron chi connectivity index (χ1n) is 8.94. The molecule has 0 aromatic carbocycles. The molecule has 1 saturated heterocycles. The van der Waals surface area contributed by atoms with Gasteiger partial charge in [0.2, 0.25) is 0 Å². The van der Waals surface area contributed by atoms with Crippen LogP contribution in [0.4, 0.5) is 0 Å². The molecule has 3 heterocycles. The van der Waals surface area contributed by atoms with E-state index in [0.29, 0.717) is 24.8 Å². The number of rotatable bonds is 4. The van der Waals surface area contributed by atoms with Crippen molar-refractivity contribution in [1.82, 2.24) is 19.9 Å². The molecule has 2 aromatic heterocycles. The Kier molecular flexibility index (Phi) is 4.21. The van der Waals surface area contributed by atoms with Crippen LogP contribution in [0.25, 0.3) is 11.2 Å². The van der Waals surface area contributed by atoms with E-state index in [9.17, 15) is 4.79 Å². The molecule has 0 radical (unpaired) electrons. The Balaban J connectivity index is 1.43. The molecule has 2 aromatic rings. The molecule has 2 aliphatic rings. The van der Waals surface area contributed by atoms with Crippen molar-refractivity contribution in [1.29, 1.82) is 0 Å². The summed E-state index contributed by atoms with van der Waals surface area (Å²) in [6, 6.07) is 2.29. The molecule has 4 rings (SSSR count). The van der Waals surface area contributed by atoms with Gasteiger partial charge in [0.1, 0.15) is 11.6 Å².